The number of hydrogen-bond donors (Lipinski definition) is 1. The van der Waals surface area contributed by atoms with Crippen LogP contribution in [0.2, 0.25) is 10.2 Å². The first-order chi connectivity index (χ1) is 11.2. The maximum Gasteiger partial charge on any atom is 0.244 e. The fourth-order valence-electron chi connectivity index (χ4n) is 2.53. The van der Waals surface area contributed by atoms with Crippen molar-refractivity contribution in [2.45, 2.75) is 32.7 Å². The first kappa shape index (κ1) is 18.6. The summed E-state index contributed by atoms with van der Waals surface area (Å²) in [5, 5.41) is 8.42. The number of hydrogen-bond acceptors (Lipinski definition) is 2. The molecule has 2 aromatic rings. The summed E-state index contributed by atoms with van der Waals surface area (Å²) < 4.78 is 1.58. The van der Waals surface area contributed by atoms with Gasteiger partial charge in [0.1, 0.15) is 5.15 Å². The molecule has 0 aliphatic carbocycles. The van der Waals surface area contributed by atoms with Crippen molar-refractivity contribution in [3.63, 3.8) is 0 Å². The molecule has 0 unspecified atom stereocenters. The minimum atomic E-state index is -0.430. The minimum absolute atomic E-state index is 0.189. The predicted octanol–water partition coefficient (Wildman–Crippen LogP) is 4.19. The monoisotopic (exact) mass is 365 g/mol. The van der Waals surface area contributed by atoms with E-state index in [0.717, 1.165) is 16.8 Å². The van der Waals surface area contributed by atoms with Crippen molar-refractivity contribution in [2.75, 3.05) is 0 Å². The second kappa shape index (κ2) is 7.41. The first-order valence-corrected chi connectivity index (χ1v) is 8.38. The zero-order valence-corrected chi connectivity index (χ0v) is 15.7. The molecule has 1 amide bonds. The van der Waals surface area contributed by atoms with Gasteiger partial charge < -0.3 is 5.32 Å². The molecule has 0 fully saturated rings. The van der Waals surface area contributed by atoms with E-state index in [0.29, 0.717) is 16.6 Å². The number of carbonyl (C=O) groups excluding carboxylic acids is 1. The van der Waals surface area contributed by atoms with Crippen LogP contribution in [0, 0.1) is 6.92 Å². The number of amides is 1. The van der Waals surface area contributed by atoms with Crippen LogP contribution in [0.25, 0.3) is 6.08 Å². The Kier molecular flexibility index (Phi) is 5.73. The molecule has 0 aliphatic rings. The highest BCUT2D eigenvalue weighted by Crippen LogP contribution is 2.22. The maximum absolute atomic E-state index is 12.2. The Morgan fingerprint density at radius 2 is 2.00 bits per heavy atom. The van der Waals surface area contributed by atoms with Crippen molar-refractivity contribution in [1.82, 2.24) is 15.1 Å². The molecule has 1 heterocycles. The molecule has 6 heteroatoms. The lowest BCUT2D eigenvalue weighted by molar-refractivity contribution is -0.117. The van der Waals surface area contributed by atoms with E-state index < -0.39 is 5.54 Å². The lowest BCUT2D eigenvalue weighted by Crippen LogP contribution is -2.44. The van der Waals surface area contributed by atoms with Gasteiger partial charge in [-0.25, -0.2) is 0 Å². The Hall–Kier alpha value is -1.78. The molecule has 0 radical (unpaired) electrons. The third-order valence-electron chi connectivity index (χ3n) is 3.65. The molecule has 128 valence electrons. The third kappa shape index (κ3) is 4.62. The number of aryl methyl sites for hydroxylation is 2. The summed E-state index contributed by atoms with van der Waals surface area (Å²) in [6.07, 6.45) is 3.80. The highest BCUT2D eigenvalue weighted by molar-refractivity contribution is 6.31. The van der Waals surface area contributed by atoms with Gasteiger partial charge in [0.15, 0.2) is 0 Å². The van der Waals surface area contributed by atoms with Crippen molar-refractivity contribution in [2.24, 2.45) is 7.05 Å². The molecule has 1 aromatic carbocycles. The number of aromatic nitrogens is 2. The Bertz CT molecular complexity index is 779. The van der Waals surface area contributed by atoms with Crippen molar-refractivity contribution >= 4 is 35.2 Å². The second-order valence-corrected chi connectivity index (χ2v) is 7.15. The topological polar surface area (TPSA) is 46.9 Å². The van der Waals surface area contributed by atoms with Gasteiger partial charge in [-0.05, 0) is 44.9 Å². The summed E-state index contributed by atoms with van der Waals surface area (Å²) in [5.41, 5.74) is 2.10. The Labute approximate surface area is 152 Å². The second-order valence-electron chi connectivity index (χ2n) is 6.39. The van der Waals surface area contributed by atoms with Crippen LogP contribution >= 0.6 is 23.2 Å². The molecule has 0 spiro atoms. The molecule has 0 saturated carbocycles. The Balaban J connectivity index is 2.05. The van der Waals surface area contributed by atoms with Crippen molar-refractivity contribution in [3.05, 3.63) is 57.3 Å². The normalized spacial score (nSPS) is 11.9. The molecule has 0 bridgehead atoms. The largest absolute Gasteiger partial charge is 0.347 e. The van der Waals surface area contributed by atoms with Gasteiger partial charge in [-0.15, -0.1) is 0 Å². The SMILES string of the molecule is Cc1nn(C)c(Cl)c1/C=C/C(=O)NC(C)(C)Cc1ccccc1Cl. The Morgan fingerprint density at radius 1 is 1.33 bits per heavy atom. The fraction of sp³-hybridized carbons (Fsp3) is 0.333. The molecule has 0 atom stereocenters. The summed E-state index contributed by atoms with van der Waals surface area (Å²) in [6.45, 7) is 5.78. The van der Waals surface area contributed by atoms with Crippen LogP contribution < -0.4 is 5.32 Å². The van der Waals surface area contributed by atoms with E-state index in [1.165, 1.54) is 6.08 Å². The zero-order valence-electron chi connectivity index (χ0n) is 14.2. The van der Waals surface area contributed by atoms with Gasteiger partial charge in [-0.3, -0.25) is 9.48 Å². The fourth-order valence-corrected chi connectivity index (χ4v) is 2.97. The standard InChI is InChI=1S/C18H21Cl2N3O/c1-12-14(17(20)23(4)22-12)9-10-16(24)21-18(2,3)11-13-7-5-6-8-15(13)19/h5-10H,11H2,1-4H3,(H,21,24)/b10-9+. The lowest BCUT2D eigenvalue weighted by Gasteiger charge is -2.26. The van der Waals surface area contributed by atoms with E-state index >= 15 is 0 Å². The van der Waals surface area contributed by atoms with Gasteiger partial charge in [-0.2, -0.15) is 5.10 Å². The van der Waals surface area contributed by atoms with E-state index in [2.05, 4.69) is 10.4 Å². The van der Waals surface area contributed by atoms with E-state index in [1.807, 2.05) is 45.0 Å². The summed E-state index contributed by atoms with van der Waals surface area (Å²) in [6, 6.07) is 7.64. The van der Waals surface area contributed by atoms with Crippen LogP contribution in [-0.4, -0.2) is 21.2 Å². The summed E-state index contributed by atoms with van der Waals surface area (Å²) in [7, 11) is 1.76. The molecule has 2 rings (SSSR count). The van der Waals surface area contributed by atoms with Gasteiger partial charge in [0.05, 0.1) is 5.69 Å². The van der Waals surface area contributed by atoms with Gasteiger partial charge in [0, 0.05) is 29.2 Å². The first-order valence-electron chi connectivity index (χ1n) is 7.62. The van der Waals surface area contributed by atoms with Crippen LogP contribution in [0.4, 0.5) is 0 Å². The number of benzene rings is 1. The summed E-state index contributed by atoms with van der Waals surface area (Å²) in [5.74, 6) is -0.189. The van der Waals surface area contributed by atoms with Crippen molar-refractivity contribution < 1.29 is 4.79 Å². The molecule has 4 nitrogen and oxygen atoms in total. The van der Waals surface area contributed by atoms with Crippen LogP contribution in [0.15, 0.2) is 30.3 Å². The van der Waals surface area contributed by atoms with Gasteiger partial charge in [0.25, 0.3) is 0 Å². The van der Waals surface area contributed by atoms with Crippen LogP contribution in [-0.2, 0) is 18.3 Å². The van der Waals surface area contributed by atoms with E-state index in [9.17, 15) is 4.79 Å². The van der Waals surface area contributed by atoms with Crippen molar-refractivity contribution in [1.29, 1.82) is 0 Å². The van der Waals surface area contributed by atoms with Crippen LogP contribution in [0.1, 0.15) is 30.7 Å². The highest BCUT2D eigenvalue weighted by atomic mass is 35.5. The van der Waals surface area contributed by atoms with Gasteiger partial charge in [-0.1, -0.05) is 41.4 Å². The predicted molar refractivity (Wildman–Crippen MR) is 99.4 cm³/mol. The molecular weight excluding hydrogens is 345 g/mol. The van der Waals surface area contributed by atoms with E-state index in [4.69, 9.17) is 23.2 Å². The average Bonchev–Trinajstić information content (AvgIpc) is 2.72. The number of halogens is 2. The molecule has 0 aliphatic heterocycles. The molecule has 1 aromatic heterocycles. The van der Waals surface area contributed by atoms with Crippen LogP contribution in [0.5, 0.6) is 0 Å². The Morgan fingerprint density at radius 3 is 2.58 bits per heavy atom. The summed E-state index contributed by atoms with van der Waals surface area (Å²) >= 11 is 12.4. The summed E-state index contributed by atoms with van der Waals surface area (Å²) in [4.78, 5) is 12.2. The van der Waals surface area contributed by atoms with Gasteiger partial charge >= 0.3 is 0 Å². The molecule has 0 saturated heterocycles. The number of carbonyl (C=O) groups is 1. The zero-order chi connectivity index (χ0) is 17.9. The number of nitrogens with zero attached hydrogens (tertiary/aromatic N) is 2. The van der Waals surface area contributed by atoms with Crippen LogP contribution in [0.3, 0.4) is 0 Å². The number of rotatable bonds is 5. The van der Waals surface area contributed by atoms with E-state index in [-0.39, 0.29) is 5.91 Å². The van der Waals surface area contributed by atoms with E-state index in [1.54, 1.807) is 17.8 Å². The maximum atomic E-state index is 12.2. The number of nitrogens with one attached hydrogen (secondary N) is 1. The highest BCUT2D eigenvalue weighted by Gasteiger charge is 2.21. The quantitative estimate of drug-likeness (QED) is 0.807. The molecule has 1 N–H and O–H groups in total. The minimum Gasteiger partial charge on any atom is -0.347 e. The lowest BCUT2D eigenvalue weighted by atomic mass is 9.95. The van der Waals surface area contributed by atoms with Crippen molar-refractivity contribution in [3.8, 4) is 0 Å². The third-order valence-corrected chi connectivity index (χ3v) is 4.47. The average molecular weight is 366 g/mol. The van der Waals surface area contributed by atoms with Gasteiger partial charge in [0.2, 0.25) is 5.91 Å². The molecular formula is C18H21Cl2N3O. The smallest absolute Gasteiger partial charge is 0.244 e. The molecule has 24 heavy (non-hydrogen) atoms.